The van der Waals surface area contributed by atoms with Crippen LogP contribution < -0.4 is 11.1 Å². The van der Waals surface area contributed by atoms with E-state index >= 15 is 0 Å². The second kappa shape index (κ2) is 3.88. The molecule has 0 aromatic heterocycles. The molecular weight excluding hydrogens is 120 g/mol. The molecule has 0 bridgehead atoms. The number of aldehydes is 1. The van der Waals surface area contributed by atoms with Gasteiger partial charge in [0.2, 0.25) is 0 Å². The molecule has 1 atom stereocenters. The van der Waals surface area contributed by atoms with Crippen molar-refractivity contribution in [2.45, 2.75) is 6.92 Å². The number of hydrogen-bond acceptors (Lipinski definition) is 2. The predicted molar refractivity (Wildman–Crippen MR) is 32.8 cm³/mol. The van der Waals surface area contributed by atoms with E-state index in [0.29, 0.717) is 6.54 Å². The molecule has 9 heavy (non-hydrogen) atoms. The lowest BCUT2D eigenvalue weighted by atomic mass is 10.2. The number of hydrogen-bond donors (Lipinski definition) is 2. The fourth-order valence-electron chi connectivity index (χ4n) is 0.310. The summed E-state index contributed by atoms with van der Waals surface area (Å²) in [6.07, 6.45) is 0.760. The number of carbonyl (C=O) groups excluding carboxylic acids is 2. The highest BCUT2D eigenvalue weighted by atomic mass is 16.2. The Morgan fingerprint density at radius 1 is 1.89 bits per heavy atom. The van der Waals surface area contributed by atoms with Gasteiger partial charge in [-0.05, 0) is 0 Å². The average Bonchev–Trinajstić information content (AvgIpc) is 1.83. The Kier molecular flexibility index (Phi) is 3.43. The third kappa shape index (κ3) is 4.80. The summed E-state index contributed by atoms with van der Waals surface area (Å²) >= 11 is 0. The van der Waals surface area contributed by atoms with Gasteiger partial charge < -0.3 is 15.8 Å². The van der Waals surface area contributed by atoms with Crippen LogP contribution in [-0.4, -0.2) is 18.9 Å². The van der Waals surface area contributed by atoms with Crippen molar-refractivity contribution < 1.29 is 9.59 Å². The summed E-state index contributed by atoms with van der Waals surface area (Å²) in [6.45, 7) is 2.02. The highest BCUT2D eigenvalue weighted by molar-refractivity contribution is 5.72. The van der Waals surface area contributed by atoms with Gasteiger partial charge in [-0.1, -0.05) is 6.92 Å². The first kappa shape index (κ1) is 7.94. The molecule has 0 aromatic rings. The maximum Gasteiger partial charge on any atom is 0.312 e. The molecule has 1 unspecified atom stereocenters. The number of nitrogens with one attached hydrogen (secondary N) is 1. The van der Waals surface area contributed by atoms with Gasteiger partial charge in [-0.25, -0.2) is 4.79 Å². The van der Waals surface area contributed by atoms with E-state index in [2.05, 4.69) is 5.32 Å². The second-order valence-corrected chi connectivity index (χ2v) is 1.86. The Labute approximate surface area is 53.4 Å². The monoisotopic (exact) mass is 130 g/mol. The zero-order valence-electron chi connectivity index (χ0n) is 5.26. The molecule has 0 aliphatic heterocycles. The summed E-state index contributed by atoms with van der Waals surface area (Å²) in [5, 5.41) is 2.30. The number of rotatable bonds is 3. The van der Waals surface area contributed by atoms with Gasteiger partial charge in [0.25, 0.3) is 0 Å². The average molecular weight is 130 g/mol. The summed E-state index contributed by atoms with van der Waals surface area (Å²) in [5.74, 6) is -0.155. The minimum atomic E-state index is -0.594. The number of amides is 2. The molecule has 0 aliphatic rings. The van der Waals surface area contributed by atoms with Gasteiger partial charge in [0.1, 0.15) is 6.29 Å². The van der Waals surface area contributed by atoms with Crippen LogP contribution >= 0.6 is 0 Å². The lowest BCUT2D eigenvalue weighted by Crippen LogP contribution is -2.33. The fourth-order valence-corrected chi connectivity index (χ4v) is 0.310. The van der Waals surface area contributed by atoms with Crippen molar-refractivity contribution in [3.63, 3.8) is 0 Å². The Morgan fingerprint density at radius 3 is 2.78 bits per heavy atom. The van der Waals surface area contributed by atoms with E-state index in [1.807, 2.05) is 0 Å². The van der Waals surface area contributed by atoms with E-state index in [1.54, 1.807) is 6.92 Å². The molecule has 4 nitrogen and oxygen atoms in total. The number of primary amides is 1. The third-order valence-corrected chi connectivity index (χ3v) is 0.831. The van der Waals surface area contributed by atoms with Crippen molar-refractivity contribution in [2.75, 3.05) is 6.54 Å². The third-order valence-electron chi connectivity index (χ3n) is 0.831. The summed E-state index contributed by atoms with van der Waals surface area (Å²) in [7, 11) is 0. The summed E-state index contributed by atoms with van der Waals surface area (Å²) in [5.41, 5.74) is 4.73. The molecule has 0 fully saturated rings. The fraction of sp³-hybridized carbons (Fsp3) is 0.600. The van der Waals surface area contributed by atoms with Crippen LogP contribution in [0.5, 0.6) is 0 Å². The lowest BCUT2D eigenvalue weighted by Gasteiger charge is -2.01. The molecule has 0 saturated heterocycles. The van der Waals surface area contributed by atoms with E-state index in [1.165, 1.54) is 0 Å². The maximum absolute atomic E-state index is 10.0. The maximum atomic E-state index is 10.0. The molecule has 0 heterocycles. The quantitative estimate of drug-likeness (QED) is 0.505. The largest absolute Gasteiger partial charge is 0.352 e. The van der Waals surface area contributed by atoms with Crippen molar-refractivity contribution in [1.82, 2.24) is 5.32 Å². The van der Waals surface area contributed by atoms with Crippen LogP contribution in [0.3, 0.4) is 0 Å². The van der Waals surface area contributed by atoms with E-state index in [9.17, 15) is 9.59 Å². The standard InChI is InChI=1S/C5H10N2O2/c1-4(3-8)2-7-5(6)9/h3-4H,2H2,1H3,(H3,6,7,9). The molecule has 4 heteroatoms. The SMILES string of the molecule is CC(C=O)CNC(N)=O. The zero-order chi connectivity index (χ0) is 7.28. The molecule has 0 saturated carbocycles. The first-order valence-corrected chi connectivity index (χ1v) is 2.65. The first-order chi connectivity index (χ1) is 4.16. The molecule has 0 aromatic carbocycles. The number of nitrogens with two attached hydrogens (primary N) is 1. The molecule has 2 amide bonds. The van der Waals surface area contributed by atoms with Crippen LogP contribution in [0.15, 0.2) is 0 Å². The number of carbonyl (C=O) groups is 2. The van der Waals surface area contributed by atoms with Crippen LogP contribution in [0.2, 0.25) is 0 Å². The molecule has 3 N–H and O–H groups in total. The molecular formula is C5H10N2O2. The Bertz CT molecular complexity index is 114. The minimum Gasteiger partial charge on any atom is -0.352 e. The summed E-state index contributed by atoms with van der Waals surface area (Å²) in [6, 6.07) is -0.594. The Balaban J connectivity index is 3.26. The highest BCUT2D eigenvalue weighted by Crippen LogP contribution is 1.82. The topological polar surface area (TPSA) is 72.2 Å². The van der Waals surface area contributed by atoms with Crippen molar-refractivity contribution >= 4 is 12.3 Å². The lowest BCUT2D eigenvalue weighted by molar-refractivity contribution is -0.110. The van der Waals surface area contributed by atoms with E-state index < -0.39 is 6.03 Å². The van der Waals surface area contributed by atoms with E-state index in [0.717, 1.165) is 6.29 Å². The van der Waals surface area contributed by atoms with Crippen molar-refractivity contribution in [3.05, 3.63) is 0 Å². The van der Waals surface area contributed by atoms with E-state index in [4.69, 9.17) is 5.73 Å². The summed E-state index contributed by atoms with van der Waals surface area (Å²) < 4.78 is 0. The van der Waals surface area contributed by atoms with Gasteiger partial charge in [0.15, 0.2) is 0 Å². The van der Waals surface area contributed by atoms with Crippen LogP contribution in [0.4, 0.5) is 4.79 Å². The Morgan fingerprint density at radius 2 is 2.44 bits per heavy atom. The van der Waals surface area contributed by atoms with Gasteiger partial charge in [-0.15, -0.1) is 0 Å². The van der Waals surface area contributed by atoms with Gasteiger partial charge in [-0.3, -0.25) is 0 Å². The van der Waals surface area contributed by atoms with Crippen molar-refractivity contribution in [1.29, 1.82) is 0 Å². The van der Waals surface area contributed by atoms with Gasteiger partial charge >= 0.3 is 6.03 Å². The van der Waals surface area contributed by atoms with Crippen molar-refractivity contribution in [3.8, 4) is 0 Å². The molecule has 0 rings (SSSR count). The van der Waals surface area contributed by atoms with Gasteiger partial charge in [0.05, 0.1) is 0 Å². The van der Waals surface area contributed by atoms with Crippen LogP contribution in [0.1, 0.15) is 6.92 Å². The van der Waals surface area contributed by atoms with E-state index in [-0.39, 0.29) is 5.92 Å². The smallest absolute Gasteiger partial charge is 0.312 e. The minimum absolute atomic E-state index is 0.155. The molecule has 52 valence electrons. The molecule has 0 aliphatic carbocycles. The van der Waals surface area contributed by atoms with Crippen LogP contribution in [-0.2, 0) is 4.79 Å². The molecule has 0 spiro atoms. The van der Waals surface area contributed by atoms with Crippen LogP contribution in [0.25, 0.3) is 0 Å². The molecule has 0 radical (unpaired) electrons. The first-order valence-electron chi connectivity index (χ1n) is 2.65. The van der Waals surface area contributed by atoms with Crippen molar-refractivity contribution in [2.24, 2.45) is 11.7 Å². The normalized spacial score (nSPS) is 12.1. The second-order valence-electron chi connectivity index (χ2n) is 1.86. The Hall–Kier alpha value is -1.06. The number of urea groups is 1. The van der Waals surface area contributed by atoms with Crippen LogP contribution in [0, 0.1) is 5.92 Å². The summed E-state index contributed by atoms with van der Waals surface area (Å²) in [4.78, 5) is 19.9. The van der Waals surface area contributed by atoms with Gasteiger partial charge in [-0.2, -0.15) is 0 Å². The zero-order valence-corrected chi connectivity index (χ0v) is 5.26. The highest BCUT2D eigenvalue weighted by Gasteiger charge is 1.98. The van der Waals surface area contributed by atoms with Gasteiger partial charge in [0, 0.05) is 12.5 Å². The predicted octanol–water partition coefficient (Wildman–Crippen LogP) is -0.510.